The molecule has 5 rings (SSSR count). The average molecular weight is 386 g/mol. The number of fused-ring (bicyclic) bond motifs is 2. The molecule has 0 saturated heterocycles. The van der Waals surface area contributed by atoms with Crippen molar-refractivity contribution in [2.45, 2.75) is 39.4 Å². The van der Waals surface area contributed by atoms with E-state index in [-0.39, 0.29) is 18.5 Å². The number of carbonyl (C=O) groups excluding carboxylic acids is 1. The van der Waals surface area contributed by atoms with Gasteiger partial charge in [-0.05, 0) is 44.0 Å². The van der Waals surface area contributed by atoms with E-state index in [0.29, 0.717) is 6.54 Å². The highest BCUT2D eigenvalue weighted by Crippen LogP contribution is 2.31. The molecule has 0 aliphatic carbocycles. The molecule has 1 aliphatic rings. The second-order valence-electron chi connectivity index (χ2n) is 7.59. The van der Waals surface area contributed by atoms with Gasteiger partial charge in [-0.15, -0.1) is 5.10 Å². The number of nitrogens with zero attached hydrogens (tertiary/aromatic N) is 6. The third kappa shape index (κ3) is 3.08. The molecule has 7 nitrogen and oxygen atoms in total. The Morgan fingerprint density at radius 1 is 1.14 bits per heavy atom. The first-order valence-corrected chi connectivity index (χ1v) is 9.81. The SMILES string of the molecule is Cc1nc2ccccc2n1Cc1cn(CC(=O)N2c3ccccc3CC2C)nn1. The maximum atomic E-state index is 13.0. The molecule has 3 heterocycles. The molecule has 29 heavy (non-hydrogen) atoms. The lowest BCUT2D eigenvalue weighted by atomic mass is 10.1. The average Bonchev–Trinajstić information content (AvgIpc) is 3.37. The van der Waals surface area contributed by atoms with Crippen LogP contribution in [0.25, 0.3) is 11.0 Å². The van der Waals surface area contributed by atoms with Gasteiger partial charge in [0.1, 0.15) is 18.1 Å². The summed E-state index contributed by atoms with van der Waals surface area (Å²) in [6.07, 6.45) is 2.73. The van der Waals surface area contributed by atoms with E-state index in [9.17, 15) is 4.79 Å². The zero-order chi connectivity index (χ0) is 20.0. The second-order valence-corrected chi connectivity index (χ2v) is 7.59. The number of hydrogen-bond donors (Lipinski definition) is 0. The van der Waals surface area contributed by atoms with E-state index < -0.39 is 0 Å². The van der Waals surface area contributed by atoms with Crippen LogP contribution in [0.15, 0.2) is 54.7 Å². The van der Waals surface area contributed by atoms with Crippen molar-refractivity contribution in [1.29, 1.82) is 0 Å². The summed E-state index contributed by atoms with van der Waals surface area (Å²) in [7, 11) is 0. The molecule has 0 radical (unpaired) electrons. The fraction of sp³-hybridized carbons (Fsp3) is 0.273. The first kappa shape index (κ1) is 17.6. The Bertz CT molecular complexity index is 1210. The Morgan fingerprint density at radius 3 is 2.83 bits per heavy atom. The van der Waals surface area contributed by atoms with Gasteiger partial charge in [0.2, 0.25) is 5.91 Å². The van der Waals surface area contributed by atoms with Gasteiger partial charge >= 0.3 is 0 Å². The third-order valence-corrected chi connectivity index (χ3v) is 5.52. The molecule has 0 spiro atoms. The lowest BCUT2D eigenvalue weighted by Crippen LogP contribution is -2.38. The van der Waals surface area contributed by atoms with Crippen molar-refractivity contribution in [1.82, 2.24) is 24.5 Å². The molecule has 1 atom stereocenters. The number of imidazole rings is 1. The van der Waals surface area contributed by atoms with Gasteiger partial charge in [-0.2, -0.15) is 0 Å². The van der Waals surface area contributed by atoms with Crippen LogP contribution in [0.5, 0.6) is 0 Å². The molecular weight excluding hydrogens is 364 g/mol. The van der Waals surface area contributed by atoms with Crippen LogP contribution in [0.3, 0.4) is 0 Å². The highest BCUT2D eigenvalue weighted by molar-refractivity contribution is 5.96. The van der Waals surface area contributed by atoms with Gasteiger partial charge < -0.3 is 9.47 Å². The van der Waals surface area contributed by atoms with Gasteiger partial charge in [0.05, 0.1) is 23.8 Å². The molecule has 2 aromatic carbocycles. The van der Waals surface area contributed by atoms with Crippen LogP contribution in [0.4, 0.5) is 5.69 Å². The molecule has 4 aromatic rings. The Hall–Kier alpha value is -3.48. The minimum Gasteiger partial charge on any atom is -0.322 e. The number of amides is 1. The van der Waals surface area contributed by atoms with Crippen LogP contribution in [0, 0.1) is 6.92 Å². The molecule has 0 saturated carbocycles. The highest BCUT2D eigenvalue weighted by Gasteiger charge is 2.30. The Balaban J connectivity index is 1.34. The normalized spacial score (nSPS) is 15.8. The van der Waals surface area contributed by atoms with Gasteiger partial charge in [0, 0.05) is 11.7 Å². The Kier molecular flexibility index (Phi) is 4.16. The van der Waals surface area contributed by atoms with E-state index in [4.69, 9.17) is 0 Å². The number of carbonyl (C=O) groups is 1. The molecular formula is C22H22N6O. The van der Waals surface area contributed by atoms with Crippen molar-refractivity contribution in [3.8, 4) is 0 Å². The minimum absolute atomic E-state index is 0.0307. The van der Waals surface area contributed by atoms with Gasteiger partial charge in [-0.1, -0.05) is 35.5 Å². The number of benzene rings is 2. The van der Waals surface area contributed by atoms with Crippen molar-refractivity contribution in [3.05, 3.63) is 71.8 Å². The molecule has 2 aromatic heterocycles. The number of aryl methyl sites for hydroxylation is 1. The monoisotopic (exact) mass is 386 g/mol. The number of aromatic nitrogens is 5. The van der Waals surface area contributed by atoms with Crippen molar-refractivity contribution < 1.29 is 4.79 Å². The predicted molar refractivity (Wildman–Crippen MR) is 111 cm³/mol. The fourth-order valence-corrected chi connectivity index (χ4v) is 4.21. The van der Waals surface area contributed by atoms with Gasteiger partial charge in [0.15, 0.2) is 0 Å². The number of hydrogen-bond acceptors (Lipinski definition) is 4. The molecule has 0 N–H and O–H groups in total. The molecule has 7 heteroatoms. The second kappa shape index (κ2) is 6.84. The van der Waals surface area contributed by atoms with E-state index in [0.717, 1.165) is 34.7 Å². The minimum atomic E-state index is 0.0307. The van der Waals surface area contributed by atoms with Crippen molar-refractivity contribution >= 4 is 22.6 Å². The van der Waals surface area contributed by atoms with Crippen molar-refractivity contribution in [2.75, 3.05) is 4.90 Å². The lowest BCUT2D eigenvalue weighted by Gasteiger charge is -2.22. The van der Waals surface area contributed by atoms with Crippen molar-refractivity contribution in [3.63, 3.8) is 0 Å². The molecule has 0 bridgehead atoms. The molecule has 146 valence electrons. The van der Waals surface area contributed by atoms with Crippen LogP contribution in [0.2, 0.25) is 0 Å². The Labute approximate surface area is 168 Å². The van der Waals surface area contributed by atoms with Crippen LogP contribution in [-0.2, 0) is 24.3 Å². The zero-order valence-electron chi connectivity index (χ0n) is 16.5. The number of rotatable bonds is 4. The largest absolute Gasteiger partial charge is 0.322 e. The summed E-state index contributed by atoms with van der Waals surface area (Å²) in [6, 6.07) is 16.3. The molecule has 0 fully saturated rings. The smallest absolute Gasteiger partial charge is 0.249 e. The summed E-state index contributed by atoms with van der Waals surface area (Å²) < 4.78 is 3.74. The first-order valence-electron chi connectivity index (χ1n) is 9.81. The Morgan fingerprint density at radius 2 is 1.93 bits per heavy atom. The van der Waals surface area contributed by atoms with Gasteiger partial charge in [-0.3, -0.25) is 4.79 Å². The topological polar surface area (TPSA) is 68.8 Å². The molecule has 1 amide bonds. The van der Waals surface area contributed by atoms with Gasteiger partial charge in [-0.25, -0.2) is 9.67 Å². The third-order valence-electron chi connectivity index (χ3n) is 5.52. The highest BCUT2D eigenvalue weighted by atomic mass is 16.2. The summed E-state index contributed by atoms with van der Waals surface area (Å²) in [5.74, 6) is 0.961. The maximum absolute atomic E-state index is 13.0. The summed E-state index contributed by atoms with van der Waals surface area (Å²) in [5, 5.41) is 8.46. The lowest BCUT2D eigenvalue weighted by molar-refractivity contribution is -0.119. The van der Waals surface area contributed by atoms with Crippen LogP contribution in [-0.4, -0.2) is 36.5 Å². The van der Waals surface area contributed by atoms with Gasteiger partial charge in [0.25, 0.3) is 0 Å². The summed E-state index contributed by atoms with van der Waals surface area (Å²) in [5.41, 5.74) is 5.06. The van der Waals surface area contributed by atoms with Crippen LogP contribution < -0.4 is 4.90 Å². The summed E-state index contributed by atoms with van der Waals surface area (Å²) >= 11 is 0. The molecule has 1 unspecified atom stereocenters. The number of para-hydroxylation sites is 3. The quantitative estimate of drug-likeness (QED) is 0.541. The zero-order valence-corrected chi connectivity index (χ0v) is 16.5. The standard InChI is InChI=1S/C22H22N6O/c1-15-11-17-7-3-5-9-20(17)28(15)22(29)14-26-12-18(24-25-26)13-27-16(2)23-19-8-4-6-10-21(19)27/h3-10,12,15H,11,13-14H2,1-2H3. The fourth-order valence-electron chi connectivity index (χ4n) is 4.21. The maximum Gasteiger partial charge on any atom is 0.249 e. The first-order chi connectivity index (χ1) is 14.1. The summed E-state index contributed by atoms with van der Waals surface area (Å²) in [6.45, 7) is 4.82. The predicted octanol–water partition coefficient (Wildman–Crippen LogP) is 2.96. The van der Waals surface area contributed by atoms with E-state index in [1.165, 1.54) is 5.56 Å². The van der Waals surface area contributed by atoms with E-state index in [1.54, 1.807) is 4.68 Å². The van der Waals surface area contributed by atoms with Crippen LogP contribution >= 0.6 is 0 Å². The van der Waals surface area contributed by atoms with E-state index >= 15 is 0 Å². The van der Waals surface area contributed by atoms with Crippen molar-refractivity contribution in [2.24, 2.45) is 0 Å². The number of anilines is 1. The summed E-state index contributed by atoms with van der Waals surface area (Å²) in [4.78, 5) is 19.4. The molecule has 1 aliphatic heterocycles. The van der Waals surface area contributed by atoms with E-state index in [2.05, 4.69) is 38.9 Å². The van der Waals surface area contributed by atoms with Crippen LogP contribution in [0.1, 0.15) is 24.0 Å². The van der Waals surface area contributed by atoms with E-state index in [1.807, 2.05) is 54.4 Å².